The first-order valence-corrected chi connectivity index (χ1v) is 20.7. The first-order chi connectivity index (χ1) is 30.2. The van der Waals surface area contributed by atoms with Gasteiger partial charge in [-0.25, -0.2) is 0 Å². The monoisotopic (exact) mass is 780 g/mol. The highest BCUT2D eigenvalue weighted by Gasteiger charge is 2.18. The minimum Gasteiger partial charge on any atom is -0.455 e. The molecule has 0 fully saturated rings. The van der Waals surface area contributed by atoms with Crippen LogP contribution in [0.3, 0.4) is 0 Å². The summed E-state index contributed by atoms with van der Waals surface area (Å²) in [5.41, 5.74) is 15.1. The quantitative estimate of drug-likeness (QED) is 0.145. The third kappa shape index (κ3) is 6.78. The van der Waals surface area contributed by atoms with Gasteiger partial charge in [-0.05, 0) is 124 Å². The van der Waals surface area contributed by atoms with Crippen molar-refractivity contribution in [2.75, 3.05) is 9.80 Å². The Kier molecular flexibility index (Phi) is 9.18. The fraction of sp³-hybridized carbons (Fsp3) is 0. The average Bonchev–Trinajstić information content (AvgIpc) is 3.72. The van der Waals surface area contributed by atoms with Crippen LogP contribution >= 0.6 is 0 Å². The number of nitrogens with zero attached hydrogens (tertiary/aromatic N) is 2. The zero-order valence-corrected chi connectivity index (χ0v) is 33.4. The molecule has 0 radical (unpaired) electrons. The van der Waals surface area contributed by atoms with Crippen LogP contribution in [0.5, 0.6) is 0 Å². The Balaban J connectivity index is 1.04. The lowest BCUT2D eigenvalue weighted by Crippen LogP contribution is -2.10. The minimum absolute atomic E-state index is 0.892. The van der Waals surface area contributed by atoms with Gasteiger partial charge in [0.15, 0.2) is 0 Å². The molecule has 3 nitrogen and oxygen atoms in total. The Hall–Kier alpha value is -8.14. The maximum absolute atomic E-state index is 6.60. The van der Waals surface area contributed by atoms with Gasteiger partial charge in [-0.3, -0.25) is 0 Å². The van der Waals surface area contributed by atoms with Crippen molar-refractivity contribution in [3.63, 3.8) is 0 Å². The molecule has 11 rings (SSSR count). The molecule has 1 heterocycles. The summed E-state index contributed by atoms with van der Waals surface area (Å²) >= 11 is 0. The largest absolute Gasteiger partial charge is 0.455 e. The third-order valence-corrected chi connectivity index (χ3v) is 11.6. The third-order valence-electron chi connectivity index (χ3n) is 11.6. The second-order valence-electron chi connectivity index (χ2n) is 15.3. The van der Waals surface area contributed by atoms with E-state index in [0.717, 1.165) is 89.4 Å². The second kappa shape index (κ2) is 15.6. The van der Waals surface area contributed by atoms with Gasteiger partial charge >= 0.3 is 0 Å². The summed E-state index contributed by atoms with van der Waals surface area (Å²) in [7, 11) is 0. The number of rotatable bonds is 9. The van der Waals surface area contributed by atoms with E-state index in [9.17, 15) is 0 Å². The van der Waals surface area contributed by atoms with Crippen LogP contribution in [0, 0.1) is 0 Å². The number of hydrogen-bond donors (Lipinski definition) is 0. The predicted octanol–water partition coefficient (Wildman–Crippen LogP) is 16.7. The normalized spacial score (nSPS) is 11.3. The van der Waals surface area contributed by atoms with Crippen LogP contribution in [0.4, 0.5) is 34.1 Å². The molecule has 0 amide bonds. The number of hydrogen-bond acceptors (Lipinski definition) is 3. The average molecular weight is 781 g/mol. The first kappa shape index (κ1) is 36.0. The van der Waals surface area contributed by atoms with E-state index in [-0.39, 0.29) is 0 Å². The smallest absolute Gasteiger partial charge is 0.143 e. The van der Waals surface area contributed by atoms with Crippen molar-refractivity contribution in [2.45, 2.75) is 0 Å². The van der Waals surface area contributed by atoms with Gasteiger partial charge in [-0.2, -0.15) is 0 Å². The Morgan fingerprint density at radius 2 is 0.721 bits per heavy atom. The molecule has 10 aromatic carbocycles. The minimum atomic E-state index is 0.892. The molecule has 11 aromatic rings. The summed E-state index contributed by atoms with van der Waals surface area (Å²) in [6.07, 6.45) is 0. The summed E-state index contributed by atoms with van der Waals surface area (Å²) < 4.78 is 6.60. The first-order valence-electron chi connectivity index (χ1n) is 20.7. The van der Waals surface area contributed by atoms with E-state index in [1.54, 1.807) is 0 Å². The van der Waals surface area contributed by atoms with Crippen molar-refractivity contribution >= 4 is 66.8 Å². The molecule has 288 valence electrons. The van der Waals surface area contributed by atoms with Crippen molar-refractivity contribution in [1.29, 1.82) is 0 Å². The summed E-state index contributed by atoms with van der Waals surface area (Å²) in [6, 6.07) is 86.5. The van der Waals surface area contributed by atoms with E-state index in [0.29, 0.717) is 0 Å². The molecule has 0 bridgehead atoms. The lowest BCUT2D eigenvalue weighted by molar-refractivity contribution is 0.670. The molecule has 1 aromatic heterocycles. The van der Waals surface area contributed by atoms with Crippen molar-refractivity contribution in [1.82, 2.24) is 0 Å². The van der Waals surface area contributed by atoms with Crippen LogP contribution < -0.4 is 9.80 Å². The van der Waals surface area contributed by atoms with Crippen molar-refractivity contribution < 1.29 is 4.42 Å². The molecule has 0 aliphatic heterocycles. The lowest BCUT2D eigenvalue weighted by Gasteiger charge is -2.27. The van der Waals surface area contributed by atoms with Crippen LogP contribution in [0.2, 0.25) is 0 Å². The van der Waals surface area contributed by atoms with Gasteiger partial charge in [-0.1, -0.05) is 152 Å². The zero-order valence-electron chi connectivity index (χ0n) is 33.4. The van der Waals surface area contributed by atoms with Crippen molar-refractivity contribution in [2.24, 2.45) is 0 Å². The Morgan fingerprint density at radius 1 is 0.279 bits per heavy atom. The molecular weight excluding hydrogens is 741 g/mol. The molecule has 0 unspecified atom stereocenters. The highest BCUT2D eigenvalue weighted by atomic mass is 16.3. The number of anilines is 6. The maximum Gasteiger partial charge on any atom is 0.143 e. The fourth-order valence-electron chi connectivity index (χ4n) is 8.71. The van der Waals surface area contributed by atoms with E-state index in [1.165, 1.54) is 10.8 Å². The van der Waals surface area contributed by atoms with E-state index >= 15 is 0 Å². The Labute approximate surface area is 355 Å². The van der Waals surface area contributed by atoms with Gasteiger partial charge in [0, 0.05) is 50.2 Å². The molecule has 0 saturated heterocycles. The summed E-state index contributed by atoms with van der Waals surface area (Å²) in [6.45, 7) is 0. The molecule has 61 heavy (non-hydrogen) atoms. The summed E-state index contributed by atoms with van der Waals surface area (Å²) in [4.78, 5) is 4.65. The van der Waals surface area contributed by atoms with Crippen molar-refractivity contribution in [3.05, 3.63) is 243 Å². The topological polar surface area (TPSA) is 19.6 Å². The van der Waals surface area contributed by atoms with Gasteiger partial charge in [0.1, 0.15) is 11.2 Å². The summed E-state index contributed by atoms with van der Waals surface area (Å²) in [5.74, 6) is 0. The molecule has 0 aliphatic carbocycles. The molecular formula is C58H40N2O. The van der Waals surface area contributed by atoms with E-state index in [1.807, 2.05) is 6.07 Å². The fourth-order valence-corrected chi connectivity index (χ4v) is 8.71. The van der Waals surface area contributed by atoms with Crippen LogP contribution in [0.1, 0.15) is 0 Å². The number of furan rings is 1. The second-order valence-corrected chi connectivity index (χ2v) is 15.3. The van der Waals surface area contributed by atoms with Crippen LogP contribution in [-0.4, -0.2) is 0 Å². The molecule has 0 N–H and O–H groups in total. The SMILES string of the molecule is c1ccc(N(c2ccccc2)c2ccc(-c3cc(-c4ccc(N(c5ccccc5)c5cccc6ccccc56)cc4)cc(-c4cccc5c4oc4ccccc45)c3)cc2)cc1. The highest BCUT2D eigenvalue weighted by Crippen LogP contribution is 2.43. The predicted molar refractivity (Wildman–Crippen MR) is 257 cm³/mol. The maximum atomic E-state index is 6.60. The van der Waals surface area contributed by atoms with Gasteiger partial charge in [-0.15, -0.1) is 0 Å². The molecule has 0 aliphatic rings. The molecule has 0 atom stereocenters. The Bertz CT molecular complexity index is 3240. The van der Waals surface area contributed by atoms with E-state index < -0.39 is 0 Å². The zero-order chi connectivity index (χ0) is 40.5. The summed E-state index contributed by atoms with van der Waals surface area (Å²) in [5, 5.41) is 4.65. The van der Waals surface area contributed by atoms with Gasteiger partial charge < -0.3 is 14.2 Å². The van der Waals surface area contributed by atoms with Crippen LogP contribution in [0.15, 0.2) is 247 Å². The van der Waals surface area contributed by atoms with E-state index in [4.69, 9.17) is 4.42 Å². The standard InChI is InChI=1S/C58H40N2O/c1-4-18-47(19-5-1)59(48-20-6-2-7-21-48)50-34-30-41(31-35-50)44-38-45(40-46(39-44)53-26-15-27-55-54-25-12-13-29-57(54)61-58(53)55)42-32-36-51(37-33-42)60(49-22-8-3-9-23-49)56-28-14-17-43-16-10-11-24-52(43)56/h1-40H. The van der Waals surface area contributed by atoms with Crippen LogP contribution in [-0.2, 0) is 0 Å². The van der Waals surface area contributed by atoms with Crippen LogP contribution in [0.25, 0.3) is 66.1 Å². The number of fused-ring (bicyclic) bond motifs is 4. The Morgan fingerprint density at radius 3 is 1.34 bits per heavy atom. The van der Waals surface area contributed by atoms with Gasteiger partial charge in [0.2, 0.25) is 0 Å². The van der Waals surface area contributed by atoms with Crippen molar-refractivity contribution in [3.8, 4) is 33.4 Å². The van der Waals surface area contributed by atoms with Gasteiger partial charge in [0.25, 0.3) is 0 Å². The highest BCUT2D eigenvalue weighted by molar-refractivity contribution is 6.10. The molecule has 0 saturated carbocycles. The number of para-hydroxylation sites is 5. The molecule has 3 heteroatoms. The number of benzene rings is 10. The van der Waals surface area contributed by atoms with Gasteiger partial charge in [0.05, 0.1) is 5.69 Å². The lowest BCUT2D eigenvalue weighted by atomic mass is 9.92. The molecule has 0 spiro atoms. The van der Waals surface area contributed by atoms with E-state index in [2.05, 4.69) is 246 Å².